The fourth-order valence-corrected chi connectivity index (χ4v) is 5.86. The molecule has 0 radical (unpaired) electrons. The molecular formula is C24H27O8P. The van der Waals surface area contributed by atoms with Crippen molar-refractivity contribution in [1.29, 1.82) is 0 Å². The van der Waals surface area contributed by atoms with E-state index in [1.807, 2.05) is 76.2 Å². The van der Waals surface area contributed by atoms with Gasteiger partial charge in [0.25, 0.3) is 0 Å². The Bertz CT molecular complexity index is 1160. The van der Waals surface area contributed by atoms with Crippen molar-refractivity contribution in [3.05, 3.63) is 48.5 Å². The van der Waals surface area contributed by atoms with Gasteiger partial charge in [0.15, 0.2) is 17.9 Å². The first-order valence-electron chi connectivity index (χ1n) is 11.1. The molecule has 3 aliphatic rings. The molecule has 9 heteroatoms. The molecule has 6 rings (SSSR count). The largest absolute Gasteiger partial charge is 0.399 e. The lowest BCUT2D eigenvalue weighted by Gasteiger charge is -2.28. The van der Waals surface area contributed by atoms with Crippen LogP contribution < -0.4 is 4.52 Å². The highest BCUT2D eigenvalue weighted by Gasteiger charge is 2.59. The normalized spacial score (nSPS) is 32.4. The second kappa shape index (κ2) is 7.82. The summed E-state index contributed by atoms with van der Waals surface area (Å²) >= 11 is 0. The van der Waals surface area contributed by atoms with Crippen LogP contribution in [-0.2, 0) is 23.7 Å². The van der Waals surface area contributed by atoms with Gasteiger partial charge in [0, 0.05) is 10.8 Å². The minimum atomic E-state index is -1.81. The second-order valence-electron chi connectivity index (χ2n) is 9.40. The SMILES string of the molecule is CC1(C)O[C@H]2O[C@H]([C@H]3COC(C)(C)O3)[C@H](Op3oc4ccccc4c4ccccc4o3)[C@H]2O1. The molecule has 0 saturated carbocycles. The molecule has 176 valence electrons. The van der Waals surface area contributed by atoms with Crippen molar-refractivity contribution in [1.82, 2.24) is 0 Å². The summed E-state index contributed by atoms with van der Waals surface area (Å²) in [6.45, 7) is 7.85. The van der Waals surface area contributed by atoms with Crippen molar-refractivity contribution in [2.75, 3.05) is 6.61 Å². The highest BCUT2D eigenvalue weighted by atomic mass is 31.1. The van der Waals surface area contributed by atoms with Gasteiger partial charge in [0.1, 0.15) is 35.6 Å². The summed E-state index contributed by atoms with van der Waals surface area (Å²) in [5.41, 5.74) is 1.40. The van der Waals surface area contributed by atoms with E-state index in [2.05, 4.69) is 0 Å². The molecule has 8 nitrogen and oxygen atoms in total. The lowest BCUT2D eigenvalue weighted by atomic mass is 10.1. The molecule has 0 aliphatic carbocycles. The van der Waals surface area contributed by atoms with Gasteiger partial charge in [-0.15, -0.1) is 0 Å². The first kappa shape index (κ1) is 21.6. The summed E-state index contributed by atoms with van der Waals surface area (Å²) in [5, 5.41) is 1.91. The van der Waals surface area contributed by atoms with Gasteiger partial charge in [0.05, 0.1) is 6.61 Å². The van der Waals surface area contributed by atoms with E-state index in [0.717, 1.165) is 10.8 Å². The van der Waals surface area contributed by atoms with Crippen LogP contribution in [0.15, 0.2) is 56.9 Å². The first-order valence-corrected chi connectivity index (χ1v) is 12.2. The fourth-order valence-electron chi connectivity index (χ4n) is 4.66. The van der Waals surface area contributed by atoms with Gasteiger partial charge in [-0.3, -0.25) is 4.52 Å². The summed E-state index contributed by atoms with van der Waals surface area (Å²) in [7, 11) is -1.81. The van der Waals surface area contributed by atoms with E-state index in [9.17, 15) is 0 Å². The Kier molecular flexibility index (Phi) is 5.12. The van der Waals surface area contributed by atoms with Gasteiger partial charge in [-0.2, -0.15) is 0 Å². The first-order chi connectivity index (χ1) is 15.8. The molecule has 3 aliphatic heterocycles. The summed E-state index contributed by atoms with van der Waals surface area (Å²) in [6.07, 6.45) is -2.39. The van der Waals surface area contributed by atoms with Crippen molar-refractivity contribution < 1.29 is 36.6 Å². The van der Waals surface area contributed by atoms with Crippen LogP contribution in [0.2, 0.25) is 0 Å². The van der Waals surface area contributed by atoms with E-state index < -0.39 is 44.4 Å². The van der Waals surface area contributed by atoms with Crippen molar-refractivity contribution in [3.63, 3.8) is 0 Å². The number of hydrogen-bond donors (Lipinski definition) is 0. The molecule has 3 aromatic rings. The Morgan fingerprint density at radius 3 is 2.03 bits per heavy atom. The van der Waals surface area contributed by atoms with Crippen LogP contribution >= 0.6 is 8.24 Å². The van der Waals surface area contributed by atoms with Gasteiger partial charge in [-0.25, -0.2) is 0 Å². The third-order valence-corrected chi connectivity index (χ3v) is 7.15. The van der Waals surface area contributed by atoms with Gasteiger partial charge in [-0.05, 0) is 39.8 Å². The zero-order valence-corrected chi connectivity index (χ0v) is 19.8. The zero-order chi connectivity index (χ0) is 22.8. The molecule has 1 aromatic heterocycles. The third-order valence-electron chi connectivity index (χ3n) is 6.04. The molecular weight excluding hydrogens is 447 g/mol. The Morgan fingerprint density at radius 1 is 0.788 bits per heavy atom. The predicted molar refractivity (Wildman–Crippen MR) is 120 cm³/mol. The molecule has 0 spiro atoms. The van der Waals surface area contributed by atoms with Crippen LogP contribution in [0, 0.1) is 0 Å². The Morgan fingerprint density at radius 2 is 1.42 bits per heavy atom. The number of para-hydroxylation sites is 2. The van der Waals surface area contributed by atoms with E-state index in [-0.39, 0.29) is 6.10 Å². The summed E-state index contributed by atoms with van der Waals surface area (Å²) in [5.74, 6) is -1.48. The smallest absolute Gasteiger partial charge is 0.387 e. The molecule has 33 heavy (non-hydrogen) atoms. The highest BCUT2D eigenvalue weighted by Crippen LogP contribution is 2.44. The quantitative estimate of drug-likeness (QED) is 0.518. The lowest BCUT2D eigenvalue weighted by molar-refractivity contribution is -0.228. The van der Waals surface area contributed by atoms with Crippen molar-refractivity contribution in [2.45, 2.75) is 70.0 Å². The van der Waals surface area contributed by atoms with E-state index in [1.54, 1.807) is 0 Å². The molecule has 4 heterocycles. The van der Waals surface area contributed by atoms with Crippen LogP contribution in [0.4, 0.5) is 0 Å². The van der Waals surface area contributed by atoms with Crippen molar-refractivity contribution >= 4 is 30.2 Å². The maximum absolute atomic E-state index is 6.50. The van der Waals surface area contributed by atoms with E-state index in [4.69, 9.17) is 36.6 Å². The average molecular weight is 474 g/mol. The molecule has 2 aromatic carbocycles. The Balaban J connectivity index is 1.41. The van der Waals surface area contributed by atoms with Crippen LogP contribution in [0.5, 0.6) is 0 Å². The Labute approximate surface area is 192 Å². The molecule has 0 amide bonds. The van der Waals surface area contributed by atoms with Crippen LogP contribution in [-0.4, -0.2) is 48.9 Å². The van der Waals surface area contributed by atoms with Crippen LogP contribution in [0.1, 0.15) is 27.7 Å². The zero-order valence-electron chi connectivity index (χ0n) is 18.9. The second-order valence-corrected chi connectivity index (χ2v) is 10.4. The number of ether oxygens (including phenoxy) is 5. The molecule has 0 bridgehead atoms. The molecule has 3 saturated heterocycles. The summed E-state index contributed by atoms with van der Waals surface area (Å²) < 4.78 is 49.3. The topological polar surface area (TPSA) is 81.7 Å². The monoisotopic (exact) mass is 474 g/mol. The standard InChI is InChI=1S/C24H27O8P/c1-23(2)25-13-18(27-23)19-20(21-22(26-19)29-24(3,4)28-21)32-33-30-16-11-7-5-9-14(16)15-10-6-8-12-17(15)31-33/h5-12,18-22H,13H2,1-4H3/t18-,19-,20+,21-,22-/m1/s1. The number of fused-ring (bicyclic) bond motifs is 4. The predicted octanol–water partition coefficient (Wildman–Crippen LogP) is 5.12. The Hall–Kier alpha value is -1.90. The van der Waals surface area contributed by atoms with Crippen LogP contribution in [0.25, 0.3) is 21.9 Å². The molecule has 0 N–H and O–H groups in total. The average Bonchev–Trinajstić information content (AvgIpc) is 3.34. The molecule has 3 fully saturated rings. The summed E-state index contributed by atoms with van der Waals surface area (Å²) in [6, 6.07) is 15.7. The summed E-state index contributed by atoms with van der Waals surface area (Å²) in [4.78, 5) is 0. The highest BCUT2D eigenvalue weighted by molar-refractivity contribution is 7.31. The van der Waals surface area contributed by atoms with Crippen molar-refractivity contribution in [2.24, 2.45) is 0 Å². The molecule has 5 atom stereocenters. The maximum atomic E-state index is 6.50. The maximum Gasteiger partial charge on any atom is 0.387 e. The minimum Gasteiger partial charge on any atom is -0.399 e. The number of hydrogen-bond acceptors (Lipinski definition) is 8. The lowest BCUT2D eigenvalue weighted by Crippen LogP contribution is -2.45. The van der Waals surface area contributed by atoms with E-state index in [1.165, 1.54) is 0 Å². The van der Waals surface area contributed by atoms with Gasteiger partial charge in [-0.1, -0.05) is 36.4 Å². The van der Waals surface area contributed by atoms with Crippen molar-refractivity contribution in [3.8, 4) is 0 Å². The van der Waals surface area contributed by atoms with Gasteiger partial charge >= 0.3 is 8.24 Å². The van der Waals surface area contributed by atoms with Gasteiger partial charge < -0.3 is 32.1 Å². The van der Waals surface area contributed by atoms with Crippen LogP contribution in [0.3, 0.4) is 0 Å². The van der Waals surface area contributed by atoms with Gasteiger partial charge in [0.2, 0.25) is 0 Å². The molecule has 0 unspecified atom stereocenters. The van der Waals surface area contributed by atoms with E-state index in [0.29, 0.717) is 17.8 Å². The minimum absolute atomic E-state index is 0.340. The number of benzene rings is 2. The third kappa shape index (κ3) is 4.00. The van der Waals surface area contributed by atoms with E-state index >= 15 is 0 Å². The fraction of sp³-hybridized carbons (Fsp3) is 0.500. The number of rotatable bonds is 3.